The molecule has 1 saturated heterocycles. The third-order valence-corrected chi connectivity index (χ3v) is 3.12. The molecule has 0 saturated carbocycles. The van der Waals surface area contributed by atoms with Crippen LogP contribution in [0.5, 0.6) is 0 Å². The molecule has 1 aliphatic rings. The maximum atomic E-state index is 5.67. The van der Waals surface area contributed by atoms with Crippen LogP contribution in [-0.4, -0.2) is 48.1 Å². The molecule has 88 valence electrons. The minimum absolute atomic E-state index is 0.539. The maximum Gasteiger partial charge on any atom is 0.134 e. The third kappa shape index (κ3) is 2.41. The van der Waals surface area contributed by atoms with Gasteiger partial charge in [0, 0.05) is 25.2 Å². The van der Waals surface area contributed by atoms with Gasteiger partial charge in [-0.1, -0.05) is 0 Å². The monoisotopic (exact) mass is 221 g/mol. The first kappa shape index (κ1) is 11.1. The van der Waals surface area contributed by atoms with E-state index in [0.29, 0.717) is 11.9 Å². The Labute approximate surface area is 96.3 Å². The summed E-state index contributed by atoms with van der Waals surface area (Å²) >= 11 is 0. The molecule has 0 radical (unpaired) electrons. The number of anilines is 2. The van der Waals surface area contributed by atoms with Gasteiger partial charge in [0.05, 0.1) is 0 Å². The Morgan fingerprint density at radius 2 is 2.25 bits per heavy atom. The third-order valence-electron chi connectivity index (χ3n) is 3.12. The lowest BCUT2D eigenvalue weighted by Crippen LogP contribution is -2.45. The first-order valence-corrected chi connectivity index (χ1v) is 5.65. The van der Waals surface area contributed by atoms with E-state index in [-0.39, 0.29) is 0 Å². The SMILES string of the molecule is CN(C)C1CCCN(c2cc(N)ncn2)C1. The van der Waals surface area contributed by atoms with Gasteiger partial charge >= 0.3 is 0 Å². The molecular formula is C11H19N5. The van der Waals surface area contributed by atoms with Crippen molar-refractivity contribution in [2.75, 3.05) is 37.8 Å². The van der Waals surface area contributed by atoms with Crippen LogP contribution >= 0.6 is 0 Å². The van der Waals surface area contributed by atoms with Crippen LogP contribution in [0.4, 0.5) is 11.6 Å². The Morgan fingerprint density at radius 1 is 1.44 bits per heavy atom. The Kier molecular flexibility index (Phi) is 3.24. The van der Waals surface area contributed by atoms with Crippen molar-refractivity contribution in [3.8, 4) is 0 Å². The van der Waals surface area contributed by atoms with Crippen molar-refractivity contribution in [3.63, 3.8) is 0 Å². The van der Waals surface area contributed by atoms with Crippen LogP contribution in [0.2, 0.25) is 0 Å². The van der Waals surface area contributed by atoms with E-state index in [1.807, 2.05) is 6.07 Å². The number of nitrogens with zero attached hydrogens (tertiary/aromatic N) is 4. The number of hydrogen-bond acceptors (Lipinski definition) is 5. The molecule has 1 unspecified atom stereocenters. The van der Waals surface area contributed by atoms with Gasteiger partial charge in [-0.05, 0) is 26.9 Å². The van der Waals surface area contributed by atoms with Crippen LogP contribution in [-0.2, 0) is 0 Å². The number of likely N-dealkylation sites (N-methyl/N-ethyl adjacent to an activating group) is 1. The summed E-state index contributed by atoms with van der Waals surface area (Å²) in [4.78, 5) is 12.8. The highest BCUT2D eigenvalue weighted by Crippen LogP contribution is 2.20. The van der Waals surface area contributed by atoms with Crippen LogP contribution < -0.4 is 10.6 Å². The molecule has 0 spiro atoms. The fourth-order valence-corrected chi connectivity index (χ4v) is 2.12. The van der Waals surface area contributed by atoms with Crippen molar-refractivity contribution in [2.45, 2.75) is 18.9 Å². The molecule has 0 amide bonds. The summed E-state index contributed by atoms with van der Waals surface area (Å²) in [6, 6.07) is 2.45. The Morgan fingerprint density at radius 3 is 2.94 bits per heavy atom. The largest absolute Gasteiger partial charge is 0.384 e. The normalized spacial score (nSPS) is 21.4. The second kappa shape index (κ2) is 4.65. The predicted octanol–water partition coefficient (Wildman–Crippen LogP) is 0.589. The van der Waals surface area contributed by atoms with Crippen LogP contribution in [0.15, 0.2) is 12.4 Å². The number of hydrogen-bond donors (Lipinski definition) is 1. The van der Waals surface area contributed by atoms with Crippen molar-refractivity contribution in [1.29, 1.82) is 0 Å². The van der Waals surface area contributed by atoms with Crippen LogP contribution in [0.3, 0.4) is 0 Å². The zero-order valence-corrected chi connectivity index (χ0v) is 9.93. The van der Waals surface area contributed by atoms with E-state index in [1.54, 1.807) is 0 Å². The van der Waals surface area contributed by atoms with E-state index in [9.17, 15) is 0 Å². The summed E-state index contributed by atoms with van der Waals surface area (Å²) in [5.74, 6) is 1.48. The molecule has 1 aliphatic heterocycles. The lowest BCUT2D eigenvalue weighted by molar-refractivity contribution is 0.257. The number of piperidine rings is 1. The topological polar surface area (TPSA) is 58.3 Å². The highest BCUT2D eigenvalue weighted by Gasteiger charge is 2.22. The molecular weight excluding hydrogens is 202 g/mol. The zero-order valence-electron chi connectivity index (χ0n) is 9.93. The zero-order chi connectivity index (χ0) is 11.5. The number of nitrogen functional groups attached to an aromatic ring is 1. The summed E-state index contributed by atoms with van der Waals surface area (Å²) in [7, 11) is 4.25. The van der Waals surface area contributed by atoms with Gasteiger partial charge in [0.15, 0.2) is 0 Å². The van der Waals surface area contributed by atoms with Gasteiger partial charge in [0.1, 0.15) is 18.0 Å². The van der Waals surface area contributed by atoms with Crippen LogP contribution in [0, 0.1) is 0 Å². The number of nitrogens with two attached hydrogens (primary N) is 1. The lowest BCUT2D eigenvalue weighted by atomic mass is 10.1. The summed E-state index contributed by atoms with van der Waals surface area (Å²) in [5, 5.41) is 0. The predicted molar refractivity (Wildman–Crippen MR) is 65.4 cm³/mol. The maximum absolute atomic E-state index is 5.67. The molecule has 2 heterocycles. The first-order valence-electron chi connectivity index (χ1n) is 5.65. The Hall–Kier alpha value is -1.36. The molecule has 5 nitrogen and oxygen atoms in total. The van der Waals surface area contributed by atoms with Crippen molar-refractivity contribution in [2.24, 2.45) is 0 Å². The van der Waals surface area contributed by atoms with Crippen molar-refractivity contribution >= 4 is 11.6 Å². The molecule has 2 rings (SSSR count). The summed E-state index contributed by atoms with van der Waals surface area (Å²) in [6.45, 7) is 2.07. The second-order valence-electron chi connectivity index (χ2n) is 4.51. The van der Waals surface area contributed by atoms with Crippen LogP contribution in [0.25, 0.3) is 0 Å². The van der Waals surface area contributed by atoms with E-state index in [4.69, 9.17) is 5.73 Å². The fourth-order valence-electron chi connectivity index (χ4n) is 2.12. The van der Waals surface area contributed by atoms with Crippen molar-refractivity contribution in [1.82, 2.24) is 14.9 Å². The lowest BCUT2D eigenvalue weighted by Gasteiger charge is -2.36. The van der Waals surface area contributed by atoms with Crippen molar-refractivity contribution in [3.05, 3.63) is 12.4 Å². The molecule has 0 aromatic carbocycles. The molecule has 1 fully saturated rings. The molecule has 1 atom stereocenters. The first-order chi connectivity index (χ1) is 7.66. The van der Waals surface area contributed by atoms with Gasteiger partial charge < -0.3 is 15.5 Å². The molecule has 1 aromatic heterocycles. The summed E-state index contributed by atoms with van der Waals surface area (Å²) < 4.78 is 0. The van der Waals surface area contributed by atoms with Crippen LogP contribution in [0.1, 0.15) is 12.8 Å². The van der Waals surface area contributed by atoms with Gasteiger partial charge in [0.2, 0.25) is 0 Å². The second-order valence-corrected chi connectivity index (χ2v) is 4.51. The average molecular weight is 221 g/mol. The average Bonchev–Trinajstić information content (AvgIpc) is 2.29. The van der Waals surface area contributed by atoms with Gasteiger partial charge in [-0.15, -0.1) is 0 Å². The summed E-state index contributed by atoms with van der Waals surface area (Å²) in [5.41, 5.74) is 5.67. The van der Waals surface area contributed by atoms with E-state index >= 15 is 0 Å². The number of aromatic nitrogens is 2. The minimum atomic E-state index is 0.539. The Balaban J connectivity index is 2.09. The van der Waals surface area contributed by atoms with Crippen molar-refractivity contribution < 1.29 is 0 Å². The molecule has 1 aromatic rings. The minimum Gasteiger partial charge on any atom is -0.384 e. The highest BCUT2D eigenvalue weighted by molar-refractivity contribution is 5.46. The Bertz CT molecular complexity index is 352. The van der Waals surface area contributed by atoms with E-state index in [1.165, 1.54) is 19.2 Å². The smallest absolute Gasteiger partial charge is 0.134 e. The molecule has 0 bridgehead atoms. The van der Waals surface area contributed by atoms with Gasteiger partial charge in [-0.2, -0.15) is 0 Å². The standard InChI is InChI=1S/C11H19N5/c1-15(2)9-4-3-5-16(7-9)11-6-10(12)13-8-14-11/h6,8-9H,3-5,7H2,1-2H3,(H2,12,13,14). The fraction of sp³-hybridized carbons (Fsp3) is 0.636. The van der Waals surface area contributed by atoms with Gasteiger partial charge in [-0.3, -0.25) is 0 Å². The number of rotatable bonds is 2. The molecule has 5 heteroatoms. The highest BCUT2D eigenvalue weighted by atomic mass is 15.2. The quantitative estimate of drug-likeness (QED) is 0.792. The molecule has 0 aliphatic carbocycles. The van der Waals surface area contributed by atoms with Gasteiger partial charge in [-0.25, -0.2) is 9.97 Å². The molecule has 2 N–H and O–H groups in total. The summed E-state index contributed by atoms with van der Waals surface area (Å²) in [6.07, 6.45) is 3.99. The molecule has 16 heavy (non-hydrogen) atoms. The van der Waals surface area contributed by atoms with Gasteiger partial charge in [0.25, 0.3) is 0 Å². The van der Waals surface area contributed by atoms with E-state index in [0.717, 1.165) is 18.9 Å². The van der Waals surface area contributed by atoms with E-state index < -0.39 is 0 Å². The van der Waals surface area contributed by atoms with E-state index in [2.05, 4.69) is 33.9 Å².